The highest BCUT2D eigenvalue weighted by Gasteiger charge is 2.24. The van der Waals surface area contributed by atoms with Crippen LogP contribution in [0.1, 0.15) is 37.9 Å². The number of nitrogens with zero attached hydrogens (tertiary/aromatic N) is 8. The van der Waals surface area contributed by atoms with E-state index in [2.05, 4.69) is 30.7 Å². The number of aliphatic hydroxyl groups excluding tert-OH is 1. The van der Waals surface area contributed by atoms with Gasteiger partial charge in [0.05, 0.1) is 66.4 Å². The van der Waals surface area contributed by atoms with Crippen LogP contribution in [-0.4, -0.2) is 56.9 Å². The number of benzene rings is 1. The molecule has 2 bridgehead atoms. The van der Waals surface area contributed by atoms with Crippen LogP contribution in [0.2, 0.25) is 10.2 Å². The Morgan fingerprint density at radius 2 is 1.95 bits per heavy atom. The summed E-state index contributed by atoms with van der Waals surface area (Å²) in [6, 6.07) is 9.88. The predicted octanol–water partition coefficient (Wildman–Crippen LogP) is 4.40. The maximum Gasteiger partial charge on any atom is 0.254 e. The zero-order valence-corrected chi connectivity index (χ0v) is 24.6. The summed E-state index contributed by atoms with van der Waals surface area (Å²) in [5.41, 5.74) is 3.93. The van der Waals surface area contributed by atoms with E-state index in [0.717, 1.165) is 5.56 Å². The zero-order valence-electron chi connectivity index (χ0n) is 23.1. The van der Waals surface area contributed by atoms with Gasteiger partial charge >= 0.3 is 0 Å². The summed E-state index contributed by atoms with van der Waals surface area (Å²) < 4.78 is 4.71. The summed E-state index contributed by atoms with van der Waals surface area (Å²) in [4.78, 5) is 36.1. The second-order valence-electron chi connectivity index (χ2n) is 10.3. The van der Waals surface area contributed by atoms with Crippen LogP contribution in [0.15, 0.2) is 66.1 Å². The molecular formula is C29H27Cl2N9O3. The average molecular weight is 621 g/mol. The van der Waals surface area contributed by atoms with Crippen molar-refractivity contribution in [1.29, 1.82) is 0 Å². The summed E-state index contributed by atoms with van der Waals surface area (Å²) in [6.07, 6.45) is 8.15. The molecule has 5 heterocycles. The minimum absolute atomic E-state index is 0.120. The molecule has 0 saturated carbocycles. The Hall–Kier alpha value is -4.39. The second-order valence-corrected chi connectivity index (χ2v) is 11.2. The Balaban J connectivity index is 1.44. The molecule has 43 heavy (non-hydrogen) atoms. The third kappa shape index (κ3) is 5.81. The fourth-order valence-electron chi connectivity index (χ4n) is 5.32. The highest BCUT2D eigenvalue weighted by molar-refractivity contribution is 6.31. The number of carbonyl (C=O) groups excluding carboxylic acids is 1. The molecule has 12 nitrogen and oxygen atoms in total. The van der Waals surface area contributed by atoms with Gasteiger partial charge in [0.25, 0.3) is 5.56 Å². The lowest BCUT2D eigenvalue weighted by Crippen LogP contribution is -2.27. The summed E-state index contributed by atoms with van der Waals surface area (Å²) in [6.45, 7) is 2.00. The Morgan fingerprint density at radius 1 is 1.09 bits per heavy atom. The van der Waals surface area contributed by atoms with Gasteiger partial charge in [0.2, 0.25) is 5.91 Å². The van der Waals surface area contributed by atoms with Crippen molar-refractivity contribution in [3.63, 3.8) is 0 Å². The van der Waals surface area contributed by atoms with Gasteiger partial charge in [-0.3, -0.25) is 23.8 Å². The number of rotatable bonds is 5. The number of fused-ring (bicyclic) bond motifs is 4. The third-order valence-corrected chi connectivity index (χ3v) is 7.89. The Labute approximate surface area is 255 Å². The first kappa shape index (κ1) is 28.7. The van der Waals surface area contributed by atoms with E-state index in [1.807, 2.05) is 19.1 Å². The van der Waals surface area contributed by atoms with Crippen molar-refractivity contribution in [2.75, 3.05) is 11.9 Å². The lowest BCUT2D eigenvalue weighted by atomic mass is 9.97. The second kappa shape index (κ2) is 12.1. The van der Waals surface area contributed by atoms with Gasteiger partial charge in [-0.15, -0.1) is 5.10 Å². The molecule has 1 aromatic carbocycles. The summed E-state index contributed by atoms with van der Waals surface area (Å²) in [5, 5.41) is 25.6. The number of hydrogen-bond donors (Lipinski definition) is 2. The molecule has 4 aromatic heterocycles. The van der Waals surface area contributed by atoms with Crippen molar-refractivity contribution in [2.45, 2.75) is 38.8 Å². The van der Waals surface area contributed by atoms with Gasteiger partial charge in [-0.25, -0.2) is 9.67 Å². The number of halogens is 2. The van der Waals surface area contributed by atoms with Crippen LogP contribution in [0, 0.1) is 5.92 Å². The smallest absolute Gasteiger partial charge is 0.254 e. The van der Waals surface area contributed by atoms with E-state index in [9.17, 15) is 14.7 Å². The minimum atomic E-state index is -0.450. The first-order valence-corrected chi connectivity index (χ1v) is 14.5. The molecule has 2 atom stereocenters. The van der Waals surface area contributed by atoms with Gasteiger partial charge in [0, 0.05) is 34.3 Å². The Kier molecular flexibility index (Phi) is 8.06. The van der Waals surface area contributed by atoms with Crippen LogP contribution in [0.5, 0.6) is 0 Å². The molecule has 6 rings (SSSR count). The van der Waals surface area contributed by atoms with Crippen molar-refractivity contribution in [3.05, 3.63) is 87.5 Å². The average Bonchev–Trinajstić information content (AvgIpc) is 3.61. The number of hydrogen-bond acceptors (Lipinski definition) is 8. The third-order valence-electron chi connectivity index (χ3n) is 7.49. The molecule has 0 spiro atoms. The Morgan fingerprint density at radius 3 is 2.72 bits per heavy atom. The van der Waals surface area contributed by atoms with Crippen molar-refractivity contribution in [2.24, 2.45) is 5.92 Å². The summed E-state index contributed by atoms with van der Waals surface area (Å²) >= 11 is 12.3. The molecule has 0 fully saturated rings. The molecule has 5 aromatic rings. The van der Waals surface area contributed by atoms with Crippen LogP contribution >= 0.6 is 23.2 Å². The highest BCUT2D eigenvalue weighted by atomic mass is 35.5. The minimum Gasteiger partial charge on any atom is -0.394 e. The normalized spacial score (nSPS) is 17.1. The SMILES string of the molecule is CC1CCCC(n2cnc(-c3cc(Cl)ccc3-n3cc(Cl)nn3)cc2=O)c2cc(ccn2)-c2c(cnn2CCO)NC1=O. The molecule has 0 saturated heterocycles. The van der Waals surface area contributed by atoms with Gasteiger partial charge < -0.3 is 10.4 Å². The number of pyridine rings is 1. The maximum atomic E-state index is 13.7. The lowest BCUT2D eigenvalue weighted by molar-refractivity contribution is -0.119. The largest absolute Gasteiger partial charge is 0.394 e. The van der Waals surface area contributed by atoms with Crippen LogP contribution in [0.3, 0.4) is 0 Å². The molecule has 1 aliphatic rings. The van der Waals surface area contributed by atoms with E-state index in [4.69, 9.17) is 23.2 Å². The van der Waals surface area contributed by atoms with Crippen LogP contribution in [0.25, 0.3) is 28.2 Å². The standard InChI is InChI=1S/C29H27Cl2N9O3/c1-17-3-2-4-25(22-11-18(7-8-32-22)28-23(35-29(17)43)14-34-39(28)9-10-41)38-16-33-21(13-27(38)42)20-12-19(30)5-6-24(20)40-15-26(31)36-37-40/h5-8,11-17,25,41H,2-4,9-10H2,1H3,(H,35,43). The van der Waals surface area contributed by atoms with Crippen molar-refractivity contribution < 1.29 is 9.90 Å². The van der Waals surface area contributed by atoms with Crippen molar-refractivity contribution in [3.8, 4) is 28.2 Å². The summed E-state index contributed by atoms with van der Waals surface area (Å²) in [5.74, 6) is -0.394. The molecular weight excluding hydrogens is 593 g/mol. The topological polar surface area (TPSA) is 146 Å². The molecule has 2 N–H and O–H groups in total. The van der Waals surface area contributed by atoms with E-state index in [0.29, 0.717) is 58.3 Å². The van der Waals surface area contributed by atoms with Gasteiger partial charge in [-0.1, -0.05) is 41.8 Å². The maximum absolute atomic E-state index is 13.7. The molecule has 0 aliphatic carbocycles. The quantitative estimate of drug-likeness (QED) is 0.294. The zero-order chi connectivity index (χ0) is 30.1. The fourth-order valence-corrected chi connectivity index (χ4v) is 5.62. The number of aromatic nitrogens is 8. The molecule has 1 aliphatic heterocycles. The predicted molar refractivity (Wildman–Crippen MR) is 161 cm³/mol. The lowest BCUT2D eigenvalue weighted by Gasteiger charge is -2.22. The van der Waals surface area contributed by atoms with E-state index in [-0.39, 0.29) is 35.7 Å². The van der Waals surface area contributed by atoms with Crippen molar-refractivity contribution >= 4 is 34.8 Å². The molecule has 0 radical (unpaired) electrons. The van der Waals surface area contributed by atoms with Gasteiger partial charge in [-0.2, -0.15) is 5.10 Å². The van der Waals surface area contributed by atoms with Crippen LogP contribution < -0.4 is 10.9 Å². The fraction of sp³-hybridized carbons (Fsp3) is 0.276. The number of nitrogens with one attached hydrogen (secondary N) is 1. The van der Waals surface area contributed by atoms with Gasteiger partial charge in [-0.05, 0) is 43.2 Å². The molecule has 1 amide bonds. The first-order chi connectivity index (χ1) is 20.8. The Bertz CT molecular complexity index is 1870. The monoisotopic (exact) mass is 619 g/mol. The van der Waals surface area contributed by atoms with E-state index >= 15 is 0 Å². The number of amides is 1. The van der Waals surface area contributed by atoms with Crippen LogP contribution in [0.4, 0.5) is 5.69 Å². The molecule has 220 valence electrons. The summed E-state index contributed by atoms with van der Waals surface area (Å²) in [7, 11) is 0. The highest BCUT2D eigenvalue weighted by Crippen LogP contribution is 2.33. The number of anilines is 1. The van der Waals surface area contributed by atoms with E-state index in [1.54, 1.807) is 46.0 Å². The molecule has 14 heteroatoms. The number of carbonyl (C=O) groups is 1. The number of aliphatic hydroxyl groups is 1. The van der Waals surface area contributed by atoms with Gasteiger partial charge in [0.1, 0.15) is 0 Å². The van der Waals surface area contributed by atoms with Gasteiger partial charge in [0.15, 0.2) is 5.15 Å². The van der Waals surface area contributed by atoms with Crippen LogP contribution in [-0.2, 0) is 11.3 Å². The van der Waals surface area contributed by atoms with Crippen molar-refractivity contribution in [1.82, 2.24) is 39.3 Å². The first-order valence-electron chi connectivity index (χ1n) is 13.7. The van der Waals surface area contributed by atoms with E-state index in [1.165, 1.54) is 17.1 Å². The van der Waals surface area contributed by atoms with E-state index < -0.39 is 6.04 Å². The molecule has 2 unspecified atom stereocenters.